The second-order valence-electron chi connectivity index (χ2n) is 6.91. The first-order valence-electron chi connectivity index (χ1n) is 8.97. The molecular weight excluding hydrogens is 338 g/mol. The quantitative estimate of drug-likeness (QED) is 0.437. The summed E-state index contributed by atoms with van der Waals surface area (Å²) < 4.78 is 27.1. The van der Waals surface area contributed by atoms with E-state index in [1.807, 2.05) is 4.90 Å². The van der Waals surface area contributed by atoms with Crippen LogP contribution in [0.3, 0.4) is 0 Å². The maximum Gasteiger partial charge on any atom is 0.306 e. The summed E-state index contributed by atoms with van der Waals surface area (Å²) in [6.45, 7) is 7.60. The zero-order valence-corrected chi connectivity index (χ0v) is 16.6. The fourth-order valence-corrected chi connectivity index (χ4v) is 3.06. The Morgan fingerprint density at radius 1 is 1.12 bits per heavy atom. The number of benzene rings is 1. The van der Waals surface area contributed by atoms with E-state index in [-0.39, 0.29) is 11.7 Å². The Labute approximate surface area is 152 Å². The van der Waals surface area contributed by atoms with Gasteiger partial charge in [-0.05, 0) is 30.0 Å². The van der Waals surface area contributed by atoms with Gasteiger partial charge in [-0.15, -0.1) is 0 Å². The Morgan fingerprint density at radius 3 is 2.28 bits per heavy atom. The second-order valence-corrected chi connectivity index (χ2v) is 8.49. The third kappa shape index (κ3) is 9.48. The van der Waals surface area contributed by atoms with Gasteiger partial charge in [0.1, 0.15) is 5.75 Å². The number of hydrogen-bond acceptors (Lipinski definition) is 4. The van der Waals surface area contributed by atoms with Crippen LogP contribution in [0.4, 0.5) is 0 Å². The minimum absolute atomic E-state index is 0.182. The van der Waals surface area contributed by atoms with Crippen LogP contribution in [0.15, 0.2) is 24.3 Å². The second kappa shape index (κ2) is 10.4. The van der Waals surface area contributed by atoms with Crippen molar-refractivity contribution in [3.05, 3.63) is 29.8 Å². The van der Waals surface area contributed by atoms with Crippen molar-refractivity contribution in [3.63, 3.8) is 0 Å². The van der Waals surface area contributed by atoms with Crippen molar-refractivity contribution in [2.24, 2.45) is 5.92 Å². The van der Waals surface area contributed by atoms with Gasteiger partial charge in [-0.1, -0.05) is 52.2 Å². The van der Waals surface area contributed by atoms with Gasteiger partial charge in [-0.2, -0.15) is 8.42 Å². The molecule has 25 heavy (non-hydrogen) atoms. The van der Waals surface area contributed by atoms with Crippen LogP contribution >= 0.6 is 0 Å². The molecule has 0 unspecified atom stereocenters. The molecule has 0 aliphatic rings. The van der Waals surface area contributed by atoms with Crippen LogP contribution in [0.5, 0.6) is 5.75 Å². The van der Waals surface area contributed by atoms with Gasteiger partial charge >= 0.3 is 10.1 Å². The summed E-state index contributed by atoms with van der Waals surface area (Å²) in [6.07, 6.45) is 5.95. The van der Waals surface area contributed by atoms with Crippen molar-refractivity contribution >= 4 is 16.0 Å². The van der Waals surface area contributed by atoms with Gasteiger partial charge in [0.25, 0.3) is 0 Å². The topological polar surface area (TPSA) is 63.7 Å². The first-order chi connectivity index (χ1) is 11.7. The standard InChI is InChI=1S/C19H31NO4S/c1-5-6-7-8-9-19(21)20(14-16(2)3)15-17-10-12-18(13-11-17)24-25(4,22)23/h10-13,16H,5-9,14-15H2,1-4H3. The van der Waals surface area contributed by atoms with E-state index in [0.717, 1.165) is 31.1 Å². The molecule has 1 aromatic carbocycles. The molecule has 0 saturated carbocycles. The number of carbonyl (C=O) groups excluding carboxylic acids is 1. The largest absolute Gasteiger partial charge is 0.383 e. The van der Waals surface area contributed by atoms with Crippen molar-refractivity contribution in [1.29, 1.82) is 0 Å². The molecule has 0 saturated heterocycles. The summed E-state index contributed by atoms with van der Waals surface area (Å²) in [5, 5.41) is 0. The summed E-state index contributed by atoms with van der Waals surface area (Å²) >= 11 is 0. The summed E-state index contributed by atoms with van der Waals surface area (Å²) in [5.41, 5.74) is 0.961. The smallest absolute Gasteiger partial charge is 0.306 e. The highest BCUT2D eigenvalue weighted by molar-refractivity contribution is 7.86. The molecule has 5 nitrogen and oxygen atoms in total. The highest BCUT2D eigenvalue weighted by Gasteiger charge is 2.15. The van der Waals surface area contributed by atoms with Crippen LogP contribution in [0.25, 0.3) is 0 Å². The van der Waals surface area contributed by atoms with Crippen LogP contribution in [0.2, 0.25) is 0 Å². The Bertz CT molecular complexity index is 623. The summed E-state index contributed by atoms with van der Waals surface area (Å²) in [4.78, 5) is 14.4. The monoisotopic (exact) mass is 369 g/mol. The first-order valence-corrected chi connectivity index (χ1v) is 10.8. The molecule has 1 amide bonds. The number of unbranched alkanes of at least 4 members (excludes halogenated alkanes) is 3. The van der Waals surface area contributed by atoms with E-state index in [0.29, 0.717) is 25.4 Å². The molecule has 0 aliphatic heterocycles. The molecule has 0 fully saturated rings. The number of nitrogens with zero attached hydrogens (tertiary/aromatic N) is 1. The van der Waals surface area contributed by atoms with Crippen LogP contribution in [-0.2, 0) is 21.5 Å². The highest BCUT2D eigenvalue weighted by atomic mass is 32.2. The van der Waals surface area contributed by atoms with Crippen LogP contribution < -0.4 is 4.18 Å². The van der Waals surface area contributed by atoms with E-state index in [1.165, 1.54) is 6.42 Å². The zero-order valence-electron chi connectivity index (χ0n) is 15.8. The van der Waals surface area contributed by atoms with Crippen LogP contribution in [0.1, 0.15) is 58.4 Å². The molecular formula is C19H31NO4S. The van der Waals surface area contributed by atoms with E-state index in [2.05, 4.69) is 20.8 Å². The molecule has 0 radical (unpaired) electrons. The molecule has 0 bridgehead atoms. The van der Waals surface area contributed by atoms with Crippen molar-refractivity contribution in [3.8, 4) is 5.75 Å². The summed E-state index contributed by atoms with van der Waals surface area (Å²) in [5.74, 6) is 0.862. The van der Waals surface area contributed by atoms with Gasteiger partial charge in [0.2, 0.25) is 5.91 Å². The Balaban J connectivity index is 2.69. The van der Waals surface area contributed by atoms with Crippen molar-refractivity contribution in [2.45, 2.75) is 59.4 Å². The normalized spacial score (nSPS) is 11.6. The average Bonchev–Trinajstić information content (AvgIpc) is 2.50. The lowest BCUT2D eigenvalue weighted by atomic mass is 10.1. The predicted octanol–water partition coefficient (Wildman–Crippen LogP) is 3.98. The Hall–Kier alpha value is -1.56. The zero-order chi connectivity index (χ0) is 18.9. The molecule has 0 N–H and O–H groups in total. The predicted molar refractivity (Wildman–Crippen MR) is 101 cm³/mol. The first kappa shape index (κ1) is 21.5. The van der Waals surface area contributed by atoms with Gasteiger partial charge in [0, 0.05) is 19.5 Å². The van der Waals surface area contributed by atoms with Gasteiger partial charge in [0.05, 0.1) is 6.26 Å². The molecule has 0 aromatic heterocycles. The van der Waals surface area contributed by atoms with E-state index < -0.39 is 10.1 Å². The minimum Gasteiger partial charge on any atom is -0.383 e. The molecule has 142 valence electrons. The van der Waals surface area contributed by atoms with Gasteiger partial charge in [-0.3, -0.25) is 4.79 Å². The van der Waals surface area contributed by atoms with Crippen LogP contribution in [0, 0.1) is 5.92 Å². The van der Waals surface area contributed by atoms with E-state index >= 15 is 0 Å². The van der Waals surface area contributed by atoms with Crippen molar-refractivity contribution < 1.29 is 17.4 Å². The van der Waals surface area contributed by atoms with E-state index in [1.54, 1.807) is 24.3 Å². The Kier molecular flexibility index (Phi) is 8.97. The fourth-order valence-electron chi connectivity index (χ4n) is 2.60. The lowest BCUT2D eigenvalue weighted by Gasteiger charge is -2.25. The SMILES string of the molecule is CCCCCCC(=O)N(Cc1ccc(OS(C)(=O)=O)cc1)CC(C)C. The van der Waals surface area contributed by atoms with Crippen LogP contribution in [-0.4, -0.2) is 32.0 Å². The summed E-state index contributed by atoms with van der Waals surface area (Å²) in [7, 11) is -3.52. The minimum atomic E-state index is -3.52. The number of hydrogen-bond donors (Lipinski definition) is 0. The molecule has 0 heterocycles. The van der Waals surface area contributed by atoms with Crippen molar-refractivity contribution in [2.75, 3.05) is 12.8 Å². The fraction of sp³-hybridized carbons (Fsp3) is 0.632. The number of rotatable bonds is 11. The third-order valence-corrected chi connectivity index (χ3v) is 4.22. The average molecular weight is 370 g/mol. The molecule has 0 atom stereocenters. The van der Waals surface area contributed by atoms with Gasteiger partial charge < -0.3 is 9.08 Å². The Morgan fingerprint density at radius 2 is 1.76 bits per heavy atom. The van der Waals surface area contributed by atoms with E-state index in [9.17, 15) is 13.2 Å². The molecule has 1 aromatic rings. The highest BCUT2D eigenvalue weighted by Crippen LogP contribution is 2.17. The summed E-state index contributed by atoms with van der Waals surface area (Å²) in [6, 6.07) is 6.85. The molecule has 0 spiro atoms. The molecule has 1 rings (SSSR count). The van der Waals surface area contributed by atoms with Crippen molar-refractivity contribution in [1.82, 2.24) is 4.90 Å². The lowest BCUT2D eigenvalue weighted by Crippen LogP contribution is -2.33. The maximum atomic E-state index is 12.5. The third-order valence-electron chi connectivity index (χ3n) is 3.73. The lowest BCUT2D eigenvalue weighted by molar-refractivity contribution is -0.132. The number of amides is 1. The van der Waals surface area contributed by atoms with Gasteiger partial charge in [-0.25, -0.2) is 0 Å². The van der Waals surface area contributed by atoms with E-state index in [4.69, 9.17) is 4.18 Å². The molecule has 6 heteroatoms. The van der Waals surface area contributed by atoms with Gasteiger partial charge in [0.15, 0.2) is 0 Å². The number of carbonyl (C=O) groups is 1. The molecule has 0 aliphatic carbocycles. The maximum absolute atomic E-state index is 12.5.